The fraction of sp³-hybridized carbons (Fsp3) is 0.800. The Morgan fingerprint density at radius 3 is 2.79 bits per heavy atom. The minimum Gasteiger partial charge on any atom is -0.325 e. The Balaban J connectivity index is 2.25. The van der Waals surface area contributed by atoms with Crippen LogP contribution >= 0.6 is 0 Å². The largest absolute Gasteiger partial charge is 0.325 e. The molecule has 1 heterocycles. The molecule has 0 spiro atoms. The average Bonchev–Trinajstić information content (AvgIpc) is 2.77. The molecule has 0 radical (unpaired) electrons. The van der Waals surface area contributed by atoms with Gasteiger partial charge in [0.1, 0.15) is 0 Å². The summed E-state index contributed by atoms with van der Waals surface area (Å²) in [6.07, 6.45) is 3.41. The zero-order valence-corrected chi connectivity index (χ0v) is 8.90. The summed E-state index contributed by atoms with van der Waals surface area (Å²) in [6.45, 7) is 4.94. The van der Waals surface area contributed by atoms with Crippen LogP contribution in [0.25, 0.3) is 0 Å². The van der Waals surface area contributed by atoms with Crippen LogP contribution in [0.2, 0.25) is 0 Å². The Labute approximate surface area is 84.5 Å². The van der Waals surface area contributed by atoms with E-state index < -0.39 is 0 Å². The van der Waals surface area contributed by atoms with Crippen molar-refractivity contribution in [2.75, 3.05) is 0 Å². The van der Waals surface area contributed by atoms with Crippen LogP contribution in [-0.4, -0.2) is 15.0 Å². The molecular formula is C10H18N4. The number of nitrogens with zero attached hydrogens (tertiary/aromatic N) is 3. The molecule has 1 aromatic heterocycles. The van der Waals surface area contributed by atoms with Gasteiger partial charge in [-0.3, -0.25) is 0 Å². The Hall–Kier alpha value is -0.900. The zero-order valence-electron chi connectivity index (χ0n) is 8.90. The van der Waals surface area contributed by atoms with Gasteiger partial charge in [-0.25, -0.2) is 4.68 Å². The maximum atomic E-state index is 5.63. The number of rotatable bonds is 4. The van der Waals surface area contributed by atoms with Crippen molar-refractivity contribution in [1.29, 1.82) is 0 Å². The highest BCUT2D eigenvalue weighted by Crippen LogP contribution is 2.43. The predicted octanol–water partition coefficient (Wildman–Crippen LogP) is 1.27. The normalized spacial score (nSPS) is 25.4. The third-order valence-corrected chi connectivity index (χ3v) is 2.93. The highest BCUT2D eigenvalue weighted by Gasteiger charge is 2.37. The summed E-state index contributed by atoms with van der Waals surface area (Å²) in [6, 6.07) is 0.587. The van der Waals surface area contributed by atoms with Crippen LogP contribution in [0.4, 0.5) is 0 Å². The van der Waals surface area contributed by atoms with Crippen LogP contribution in [0.1, 0.15) is 44.1 Å². The van der Waals surface area contributed by atoms with Crippen molar-refractivity contribution in [2.45, 2.75) is 45.7 Å². The van der Waals surface area contributed by atoms with Crippen molar-refractivity contribution in [1.82, 2.24) is 15.0 Å². The topological polar surface area (TPSA) is 56.7 Å². The minimum absolute atomic E-state index is 0.510. The lowest BCUT2D eigenvalue weighted by Crippen LogP contribution is -2.07. The molecule has 0 aromatic carbocycles. The molecule has 2 unspecified atom stereocenters. The second-order valence-electron chi connectivity index (χ2n) is 4.16. The Bertz CT molecular complexity index is 318. The van der Waals surface area contributed by atoms with E-state index in [0.717, 1.165) is 24.5 Å². The lowest BCUT2D eigenvalue weighted by molar-refractivity contribution is 0.552. The van der Waals surface area contributed by atoms with Gasteiger partial charge in [-0.05, 0) is 18.8 Å². The third-order valence-electron chi connectivity index (χ3n) is 2.93. The molecule has 1 aliphatic carbocycles. The summed E-state index contributed by atoms with van der Waals surface area (Å²) >= 11 is 0. The SMILES string of the molecule is CCCc1c(CN)nnn1C1CC1C. The maximum absolute atomic E-state index is 5.63. The van der Waals surface area contributed by atoms with E-state index in [9.17, 15) is 0 Å². The monoisotopic (exact) mass is 194 g/mol. The van der Waals surface area contributed by atoms with Crippen molar-refractivity contribution in [3.63, 3.8) is 0 Å². The third kappa shape index (κ3) is 1.54. The molecule has 1 fully saturated rings. The Morgan fingerprint density at radius 1 is 1.57 bits per heavy atom. The van der Waals surface area contributed by atoms with E-state index in [4.69, 9.17) is 5.73 Å². The van der Waals surface area contributed by atoms with Gasteiger partial charge in [-0.15, -0.1) is 5.10 Å². The number of nitrogens with two attached hydrogens (primary N) is 1. The summed E-state index contributed by atoms with van der Waals surface area (Å²) in [5.74, 6) is 0.762. The van der Waals surface area contributed by atoms with Gasteiger partial charge < -0.3 is 5.73 Å². The molecule has 0 amide bonds. The fourth-order valence-electron chi connectivity index (χ4n) is 1.91. The van der Waals surface area contributed by atoms with Gasteiger partial charge in [-0.1, -0.05) is 25.5 Å². The molecule has 0 aliphatic heterocycles. The molecule has 1 aromatic rings. The standard InChI is InChI=1S/C10H18N4/c1-3-4-9-8(6-11)12-13-14(9)10-5-7(10)2/h7,10H,3-6,11H2,1-2H3. The lowest BCUT2D eigenvalue weighted by atomic mass is 10.2. The Morgan fingerprint density at radius 2 is 2.29 bits per heavy atom. The first-order chi connectivity index (χ1) is 6.77. The van der Waals surface area contributed by atoms with Gasteiger partial charge in [0.05, 0.1) is 17.4 Å². The van der Waals surface area contributed by atoms with Crippen LogP contribution in [0, 0.1) is 5.92 Å². The first-order valence-corrected chi connectivity index (χ1v) is 5.41. The van der Waals surface area contributed by atoms with Gasteiger partial charge >= 0.3 is 0 Å². The number of hydrogen-bond donors (Lipinski definition) is 1. The van der Waals surface area contributed by atoms with Crippen LogP contribution in [0.15, 0.2) is 0 Å². The van der Waals surface area contributed by atoms with Crippen LogP contribution in [0.5, 0.6) is 0 Å². The second-order valence-corrected chi connectivity index (χ2v) is 4.16. The second kappa shape index (κ2) is 3.69. The first kappa shape index (κ1) is 9.65. The van der Waals surface area contributed by atoms with Gasteiger partial charge in [0.25, 0.3) is 0 Å². The molecule has 78 valence electrons. The minimum atomic E-state index is 0.510. The molecule has 2 atom stereocenters. The van der Waals surface area contributed by atoms with Gasteiger partial charge in [0.2, 0.25) is 0 Å². The van der Waals surface area contributed by atoms with E-state index in [1.54, 1.807) is 0 Å². The lowest BCUT2D eigenvalue weighted by Gasteiger charge is -2.04. The van der Waals surface area contributed by atoms with E-state index >= 15 is 0 Å². The average molecular weight is 194 g/mol. The van der Waals surface area contributed by atoms with E-state index in [0.29, 0.717) is 12.6 Å². The number of aromatic nitrogens is 3. The quantitative estimate of drug-likeness (QED) is 0.785. The van der Waals surface area contributed by atoms with Crippen molar-refractivity contribution in [3.05, 3.63) is 11.4 Å². The van der Waals surface area contributed by atoms with Gasteiger partial charge in [0, 0.05) is 6.54 Å². The number of hydrogen-bond acceptors (Lipinski definition) is 3. The molecule has 1 aliphatic rings. The highest BCUT2D eigenvalue weighted by molar-refractivity contribution is 5.12. The molecule has 4 nitrogen and oxygen atoms in total. The molecule has 0 saturated heterocycles. The van der Waals surface area contributed by atoms with E-state index in [1.807, 2.05) is 0 Å². The van der Waals surface area contributed by atoms with Crippen molar-refractivity contribution >= 4 is 0 Å². The molecule has 2 rings (SSSR count). The van der Waals surface area contributed by atoms with Crippen LogP contribution in [-0.2, 0) is 13.0 Å². The summed E-state index contributed by atoms with van der Waals surface area (Å²) in [7, 11) is 0. The van der Waals surface area contributed by atoms with Crippen molar-refractivity contribution in [2.24, 2.45) is 11.7 Å². The Kier molecular flexibility index (Phi) is 2.54. The zero-order chi connectivity index (χ0) is 10.1. The highest BCUT2D eigenvalue weighted by atomic mass is 15.5. The summed E-state index contributed by atoms with van der Waals surface area (Å²) < 4.78 is 2.09. The molecule has 2 N–H and O–H groups in total. The first-order valence-electron chi connectivity index (χ1n) is 5.41. The molecule has 4 heteroatoms. The summed E-state index contributed by atoms with van der Waals surface area (Å²) in [5, 5.41) is 8.34. The van der Waals surface area contributed by atoms with Gasteiger partial charge in [0.15, 0.2) is 0 Å². The van der Waals surface area contributed by atoms with Crippen molar-refractivity contribution < 1.29 is 0 Å². The van der Waals surface area contributed by atoms with Gasteiger partial charge in [-0.2, -0.15) is 0 Å². The smallest absolute Gasteiger partial charge is 0.0994 e. The van der Waals surface area contributed by atoms with E-state index in [1.165, 1.54) is 12.1 Å². The predicted molar refractivity (Wildman–Crippen MR) is 54.7 cm³/mol. The van der Waals surface area contributed by atoms with E-state index in [-0.39, 0.29) is 0 Å². The van der Waals surface area contributed by atoms with E-state index in [2.05, 4.69) is 28.8 Å². The summed E-state index contributed by atoms with van der Waals surface area (Å²) in [4.78, 5) is 0. The molecule has 1 saturated carbocycles. The van der Waals surface area contributed by atoms with Crippen LogP contribution in [0.3, 0.4) is 0 Å². The molecule has 0 bridgehead atoms. The summed E-state index contributed by atoms with van der Waals surface area (Å²) in [5.41, 5.74) is 7.87. The van der Waals surface area contributed by atoms with Crippen LogP contribution < -0.4 is 5.73 Å². The maximum Gasteiger partial charge on any atom is 0.0994 e. The fourth-order valence-corrected chi connectivity index (χ4v) is 1.91. The van der Waals surface area contributed by atoms with Crippen molar-refractivity contribution in [3.8, 4) is 0 Å². The molecule has 14 heavy (non-hydrogen) atoms. The molecular weight excluding hydrogens is 176 g/mol.